The Bertz CT molecular complexity index is 419. The van der Waals surface area contributed by atoms with Gasteiger partial charge in [0.05, 0.1) is 6.20 Å². The van der Waals surface area contributed by atoms with E-state index < -0.39 is 0 Å². The summed E-state index contributed by atoms with van der Waals surface area (Å²) < 4.78 is 3.91. The first-order chi connectivity index (χ1) is 8.40. The maximum Gasteiger partial charge on any atom is 0.0524 e. The van der Waals surface area contributed by atoms with Crippen LogP contribution in [0.15, 0.2) is 30.9 Å². The van der Waals surface area contributed by atoms with Crippen molar-refractivity contribution in [2.45, 2.75) is 39.5 Å². The summed E-state index contributed by atoms with van der Waals surface area (Å²) in [4.78, 5) is 0. The highest BCUT2D eigenvalue weighted by molar-refractivity contribution is 5.13. The van der Waals surface area contributed by atoms with Crippen LogP contribution in [0.2, 0.25) is 0 Å². The molecule has 0 saturated heterocycles. The van der Waals surface area contributed by atoms with Gasteiger partial charge in [-0.05, 0) is 29.0 Å². The van der Waals surface area contributed by atoms with E-state index in [1.165, 1.54) is 11.1 Å². The Kier molecular flexibility index (Phi) is 5.20. The average Bonchev–Trinajstić information content (AvgIpc) is 2.88. The van der Waals surface area contributed by atoms with E-state index in [-0.39, 0.29) is 0 Å². The van der Waals surface area contributed by atoms with Gasteiger partial charge in [-0.2, -0.15) is 5.10 Å². The smallest absolute Gasteiger partial charge is 0.0524 e. The molecule has 0 amide bonds. The molecule has 18 heavy (non-hydrogen) atoms. The first kappa shape index (κ1) is 14.6. The van der Waals surface area contributed by atoms with Crippen molar-refractivity contribution in [1.82, 2.24) is 14.3 Å². The lowest BCUT2D eigenvalue weighted by Gasteiger charge is -1.97. The fourth-order valence-electron chi connectivity index (χ4n) is 1.60. The van der Waals surface area contributed by atoms with Crippen molar-refractivity contribution < 1.29 is 0 Å². The summed E-state index contributed by atoms with van der Waals surface area (Å²) in [6.07, 6.45) is 8.19. The Labute approximate surface area is 110 Å². The molecule has 0 spiro atoms. The van der Waals surface area contributed by atoms with Crippen molar-refractivity contribution in [3.8, 4) is 0 Å². The van der Waals surface area contributed by atoms with E-state index in [2.05, 4.69) is 55.8 Å². The lowest BCUT2D eigenvalue weighted by Crippen LogP contribution is -1.85. The fourth-order valence-corrected chi connectivity index (χ4v) is 1.60. The van der Waals surface area contributed by atoms with Crippen molar-refractivity contribution in [1.29, 1.82) is 0 Å². The Morgan fingerprint density at radius 3 is 1.78 bits per heavy atom. The second-order valence-corrected chi connectivity index (χ2v) is 5.37. The van der Waals surface area contributed by atoms with Crippen molar-refractivity contribution in [3.05, 3.63) is 42.0 Å². The second-order valence-electron chi connectivity index (χ2n) is 5.37. The van der Waals surface area contributed by atoms with E-state index in [1.54, 1.807) is 0 Å². The number of hydrogen-bond acceptors (Lipinski definition) is 1. The van der Waals surface area contributed by atoms with Gasteiger partial charge in [-0.3, -0.25) is 4.68 Å². The van der Waals surface area contributed by atoms with Gasteiger partial charge in [0.15, 0.2) is 0 Å². The maximum absolute atomic E-state index is 4.05. The van der Waals surface area contributed by atoms with Crippen LogP contribution in [0, 0.1) is 0 Å². The third-order valence-electron chi connectivity index (χ3n) is 2.91. The molecule has 0 aromatic carbocycles. The van der Waals surface area contributed by atoms with Crippen molar-refractivity contribution in [3.63, 3.8) is 0 Å². The van der Waals surface area contributed by atoms with Gasteiger partial charge in [-0.25, -0.2) is 0 Å². The summed E-state index contributed by atoms with van der Waals surface area (Å²) in [5.74, 6) is 1.25. The first-order valence-corrected chi connectivity index (χ1v) is 6.50. The quantitative estimate of drug-likeness (QED) is 0.793. The predicted molar refractivity (Wildman–Crippen MR) is 76.8 cm³/mol. The van der Waals surface area contributed by atoms with E-state index in [0.717, 1.165) is 0 Å². The molecule has 0 radical (unpaired) electrons. The molecule has 2 rings (SSSR count). The zero-order chi connectivity index (χ0) is 13.7. The molecule has 0 atom stereocenters. The SMILES string of the molecule is CC(C)c1ccn(C)c1.CC(C)c1cnn(C)c1. The van der Waals surface area contributed by atoms with Crippen LogP contribution < -0.4 is 0 Å². The molecule has 0 aliphatic carbocycles. The number of rotatable bonds is 2. The molecule has 0 saturated carbocycles. The minimum Gasteiger partial charge on any atom is -0.357 e. The zero-order valence-corrected chi connectivity index (χ0v) is 12.4. The van der Waals surface area contributed by atoms with Crippen LogP contribution in [0.25, 0.3) is 0 Å². The molecule has 0 unspecified atom stereocenters. The zero-order valence-electron chi connectivity index (χ0n) is 12.4. The van der Waals surface area contributed by atoms with Gasteiger partial charge >= 0.3 is 0 Å². The van der Waals surface area contributed by atoms with Crippen molar-refractivity contribution in [2.75, 3.05) is 0 Å². The van der Waals surface area contributed by atoms with Crippen LogP contribution in [0.1, 0.15) is 50.7 Å². The summed E-state index contributed by atoms with van der Waals surface area (Å²) in [5, 5.41) is 4.05. The third kappa shape index (κ3) is 4.40. The molecular weight excluding hydrogens is 222 g/mol. The van der Waals surface area contributed by atoms with Gasteiger partial charge in [0, 0.05) is 32.7 Å². The molecule has 0 aliphatic heterocycles. The van der Waals surface area contributed by atoms with E-state index >= 15 is 0 Å². The normalized spacial score (nSPS) is 10.7. The second kappa shape index (κ2) is 6.43. The summed E-state index contributed by atoms with van der Waals surface area (Å²) in [6, 6.07) is 2.16. The number of aryl methyl sites for hydroxylation is 2. The monoisotopic (exact) mass is 247 g/mol. The van der Waals surface area contributed by atoms with Crippen LogP contribution >= 0.6 is 0 Å². The van der Waals surface area contributed by atoms with E-state index in [4.69, 9.17) is 0 Å². The van der Waals surface area contributed by atoms with E-state index in [1.807, 2.05) is 31.2 Å². The van der Waals surface area contributed by atoms with Crippen molar-refractivity contribution in [2.24, 2.45) is 14.1 Å². The van der Waals surface area contributed by atoms with Crippen LogP contribution in [-0.4, -0.2) is 14.3 Å². The van der Waals surface area contributed by atoms with Crippen LogP contribution in [0.4, 0.5) is 0 Å². The molecule has 100 valence electrons. The van der Waals surface area contributed by atoms with Gasteiger partial charge in [-0.1, -0.05) is 27.7 Å². The maximum atomic E-state index is 4.05. The highest BCUT2D eigenvalue weighted by Gasteiger charge is 1.98. The lowest BCUT2D eigenvalue weighted by atomic mass is 10.1. The van der Waals surface area contributed by atoms with E-state index in [9.17, 15) is 0 Å². The summed E-state index contributed by atoms with van der Waals surface area (Å²) in [7, 11) is 3.98. The average molecular weight is 247 g/mol. The van der Waals surface area contributed by atoms with Gasteiger partial charge in [0.25, 0.3) is 0 Å². The highest BCUT2D eigenvalue weighted by atomic mass is 15.2. The molecule has 2 aromatic heterocycles. The topological polar surface area (TPSA) is 22.8 Å². The predicted octanol–water partition coefficient (Wildman–Crippen LogP) is 3.69. The fraction of sp³-hybridized carbons (Fsp3) is 0.533. The molecule has 0 N–H and O–H groups in total. The molecular formula is C15H25N3. The third-order valence-corrected chi connectivity index (χ3v) is 2.91. The minimum absolute atomic E-state index is 0.596. The first-order valence-electron chi connectivity index (χ1n) is 6.50. The van der Waals surface area contributed by atoms with Gasteiger partial charge in [0.1, 0.15) is 0 Å². The van der Waals surface area contributed by atoms with Crippen LogP contribution in [-0.2, 0) is 14.1 Å². The molecule has 2 heterocycles. The van der Waals surface area contributed by atoms with Gasteiger partial charge in [0.2, 0.25) is 0 Å². The molecule has 2 aromatic rings. The Hall–Kier alpha value is -1.51. The number of hydrogen-bond donors (Lipinski definition) is 0. The standard InChI is InChI=1S/C8H13N.C7H12N2/c1-7(2)8-4-5-9(3)6-8;1-6(2)7-4-8-9(3)5-7/h4-7H,1-3H3;4-6H,1-3H3. The van der Waals surface area contributed by atoms with Gasteiger partial charge < -0.3 is 4.57 Å². The van der Waals surface area contributed by atoms with Crippen LogP contribution in [0.5, 0.6) is 0 Å². The van der Waals surface area contributed by atoms with Gasteiger partial charge in [-0.15, -0.1) is 0 Å². The highest BCUT2D eigenvalue weighted by Crippen LogP contribution is 2.12. The summed E-state index contributed by atoms with van der Waals surface area (Å²) >= 11 is 0. The number of aromatic nitrogens is 3. The molecule has 3 heteroatoms. The molecule has 0 fully saturated rings. The van der Waals surface area contributed by atoms with Crippen molar-refractivity contribution >= 4 is 0 Å². The molecule has 0 bridgehead atoms. The number of nitrogens with zero attached hydrogens (tertiary/aromatic N) is 3. The van der Waals surface area contributed by atoms with E-state index in [0.29, 0.717) is 11.8 Å². The Morgan fingerprint density at radius 1 is 0.944 bits per heavy atom. The Morgan fingerprint density at radius 2 is 1.56 bits per heavy atom. The van der Waals surface area contributed by atoms with Crippen LogP contribution in [0.3, 0.4) is 0 Å². The molecule has 3 nitrogen and oxygen atoms in total. The lowest BCUT2D eigenvalue weighted by molar-refractivity contribution is 0.764. The largest absolute Gasteiger partial charge is 0.357 e. The minimum atomic E-state index is 0.596. The summed E-state index contributed by atoms with van der Waals surface area (Å²) in [5.41, 5.74) is 2.72. The summed E-state index contributed by atoms with van der Waals surface area (Å²) in [6.45, 7) is 8.73. The molecule has 0 aliphatic rings. The Balaban J connectivity index is 0.000000180.